The van der Waals surface area contributed by atoms with Crippen molar-refractivity contribution in [1.82, 2.24) is 16.0 Å². The van der Waals surface area contributed by atoms with Gasteiger partial charge in [-0.1, -0.05) is 36.8 Å². The fourth-order valence-corrected chi connectivity index (χ4v) is 1.95. The highest BCUT2D eigenvalue weighted by Gasteiger charge is 2.05. The van der Waals surface area contributed by atoms with E-state index in [-0.39, 0.29) is 35.9 Å². The van der Waals surface area contributed by atoms with Gasteiger partial charge < -0.3 is 16.0 Å². The number of aliphatic imine (C=N–C) groups is 1. The molecular formula is C18H31IN4O. The van der Waals surface area contributed by atoms with E-state index in [9.17, 15) is 4.79 Å². The zero-order valence-electron chi connectivity index (χ0n) is 15.2. The molecule has 0 aliphatic rings. The van der Waals surface area contributed by atoms with E-state index < -0.39 is 0 Å². The third-order valence-corrected chi connectivity index (χ3v) is 3.55. The van der Waals surface area contributed by atoms with Crippen molar-refractivity contribution in [2.45, 2.75) is 53.1 Å². The standard InChI is InChI=1S/C18H30N4O.HI/c1-5-15(4)22-17(23)11-12-20-18(19-6-2)21-13-16-9-7-14(3)8-10-16;/h7-10,15H,5-6,11-13H2,1-4H3,(H,22,23)(H2,19,20,21);1H. The summed E-state index contributed by atoms with van der Waals surface area (Å²) in [5.74, 6) is 0.811. The number of rotatable bonds is 8. The Kier molecular flexibility index (Phi) is 12.3. The van der Waals surface area contributed by atoms with E-state index in [4.69, 9.17) is 0 Å². The molecule has 0 heterocycles. The number of nitrogens with one attached hydrogen (secondary N) is 3. The number of nitrogens with zero attached hydrogens (tertiary/aromatic N) is 1. The first-order chi connectivity index (χ1) is 11.0. The Morgan fingerprint density at radius 2 is 1.83 bits per heavy atom. The number of carbonyl (C=O) groups is 1. The Labute approximate surface area is 163 Å². The van der Waals surface area contributed by atoms with Gasteiger partial charge in [0.2, 0.25) is 5.91 Å². The van der Waals surface area contributed by atoms with Crippen molar-refractivity contribution in [3.05, 3.63) is 35.4 Å². The topological polar surface area (TPSA) is 65.5 Å². The first-order valence-electron chi connectivity index (χ1n) is 8.42. The van der Waals surface area contributed by atoms with Gasteiger partial charge in [0.1, 0.15) is 0 Å². The molecule has 3 N–H and O–H groups in total. The van der Waals surface area contributed by atoms with Crippen LogP contribution in [0.15, 0.2) is 29.3 Å². The minimum atomic E-state index is 0. The van der Waals surface area contributed by atoms with Gasteiger partial charge in [-0.15, -0.1) is 24.0 Å². The van der Waals surface area contributed by atoms with Gasteiger partial charge in [0.05, 0.1) is 6.54 Å². The fraction of sp³-hybridized carbons (Fsp3) is 0.556. The molecule has 0 saturated carbocycles. The summed E-state index contributed by atoms with van der Waals surface area (Å²) in [6.45, 7) is 10.2. The van der Waals surface area contributed by atoms with Gasteiger partial charge >= 0.3 is 0 Å². The predicted octanol–water partition coefficient (Wildman–Crippen LogP) is 2.97. The zero-order chi connectivity index (χ0) is 17.1. The molecule has 1 aromatic rings. The first kappa shape index (κ1) is 22.7. The summed E-state index contributed by atoms with van der Waals surface area (Å²) in [4.78, 5) is 16.3. The molecule has 0 fully saturated rings. The maximum atomic E-state index is 11.8. The average molecular weight is 446 g/mol. The van der Waals surface area contributed by atoms with Gasteiger partial charge in [0.25, 0.3) is 0 Å². The van der Waals surface area contributed by atoms with Gasteiger partial charge in [-0.2, -0.15) is 0 Å². The van der Waals surface area contributed by atoms with Crippen molar-refractivity contribution >= 4 is 35.8 Å². The molecule has 0 aromatic heterocycles. The van der Waals surface area contributed by atoms with Gasteiger partial charge in [-0.3, -0.25) is 4.79 Å². The lowest BCUT2D eigenvalue weighted by Crippen LogP contribution is -2.40. The number of benzene rings is 1. The second-order valence-electron chi connectivity index (χ2n) is 5.73. The Hall–Kier alpha value is -1.31. The maximum Gasteiger partial charge on any atom is 0.221 e. The highest BCUT2D eigenvalue weighted by Crippen LogP contribution is 2.04. The minimum absolute atomic E-state index is 0. The van der Waals surface area contributed by atoms with Crippen molar-refractivity contribution in [2.24, 2.45) is 4.99 Å². The summed E-state index contributed by atoms with van der Waals surface area (Å²) in [6, 6.07) is 8.57. The monoisotopic (exact) mass is 446 g/mol. The lowest BCUT2D eigenvalue weighted by molar-refractivity contribution is -0.121. The summed E-state index contributed by atoms with van der Waals surface area (Å²) >= 11 is 0. The van der Waals surface area contributed by atoms with Crippen molar-refractivity contribution in [3.63, 3.8) is 0 Å². The summed E-state index contributed by atoms with van der Waals surface area (Å²) < 4.78 is 0. The van der Waals surface area contributed by atoms with E-state index in [0.717, 1.165) is 18.9 Å². The number of carbonyl (C=O) groups excluding carboxylic acids is 1. The van der Waals surface area contributed by atoms with Crippen molar-refractivity contribution in [2.75, 3.05) is 13.1 Å². The molecule has 5 nitrogen and oxygen atoms in total. The molecule has 0 aliphatic heterocycles. The zero-order valence-corrected chi connectivity index (χ0v) is 17.5. The van der Waals surface area contributed by atoms with Gasteiger partial charge in [0.15, 0.2) is 5.96 Å². The fourth-order valence-electron chi connectivity index (χ4n) is 1.95. The first-order valence-corrected chi connectivity index (χ1v) is 8.42. The lowest BCUT2D eigenvalue weighted by atomic mass is 10.1. The summed E-state index contributed by atoms with van der Waals surface area (Å²) in [5.41, 5.74) is 2.41. The lowest BCUT2D eigenvalue weighted by Gasteiger charge is -2.13. The molecule has 0 saturated heterocycles. The molecule has 0 bridgehead atoms. The van der Waals surface area contributed by atoms with Crippen LogP contribution in [0.4, 0.5) is 0 Å². The smallest absolute Gasteiger partial charge is 0.221 e. The number of amides is 1. The van der Waals surface area contributed by atoms with Crippen LogP contribution in [0.3, 0.4) is 0 Å². The average Bonchev–Trinajstić information content (AvgIpc) is 2.53. The molecule has 1 unspecified atom stereocenters. The molecule has 0 aliphatic carbocycles. The number of hydrogen-bond donors (Lipinski definition) is 3. The normalized spacial score (nSPS) is 12.1. The van der Waals surface area contributed by atoms with E-state index in [2.05, 4.69) is 59.1 Å². The Bertz CT molecular complexity index is 502. The van der Waals surface area contributed by atoms with E-state index in [0.29, 0.717) is 19.5 Å². The third-order valence-electron chi connectivity index (χ3n) is 3.55. The highest BCUT2D eigenvalue weighted by atomic mass is 127. The van der Waals surface area contributed by atoms with Crippen LogP contribution in [0.1, 0.15) is 44.7 Å². The van der Waals surface area contributed by atoms with Crippen LogP contribution in [0.5, 0.6) is 0 Å². The van der Waals surface area contributed by atoms with Gasteiger partial charge in [0, 0.05) is 25.6 Å². The Morgan fingerprint density at radius 1 is 1.17 bits per heavy atom. The molecule has 6 heteroatoms. The number of guanidine groups is 1. The molecule has 1 atom stereocenters. The largest absolute Gasteiger partial charge is 0.357 e. The molecule has 136 valence electrons. The van der Waals surface area contributed by atoms with Crippen molar-refractivity contribution < 1.29 is 4.79 Å². The van der Waals surface area contributed by atoms with Crippen LogP contribution in [-0.4, -0.2) is 31.0 Å². The van der Waals surface area contributed by atoms with Crippen LogP contribution >= 0.6 is 24.0 Å². The Balaban J connectivity index is 0.00000529. The SMILES string of the molecule is CCNC(=NCc1ccc(C)cc1)NCCC(=O)NC(C)CC.I. The van der Waals surface area contributed by atoms with E-state index >= 15 is 0 Å². The number of halogens is 1. The minimum Gasteiger partial charge on any atom is -0.357 e. The van der Waals surface area contributed by atoms with E-state index in [1.807, 2.05) is 13.8 Å². The maximum absolute atomic E-state index is 11.8. The van der Waals surface area contributed by atoms with Gasteiger partial charge in [-0.05, 0) is 32.8 Å². The van der Waals surface area contributed by atoms with E-state index in [1.165, 1.54) is 11.1 Å². The molecule has 0 radical (unpaired) electrons. The number of hydrogen-bond acceptors (Lipinski definition) is 2. The summed E-state index contributed by atoms with van der Waals surface area (Å²) in [6.07, 6.45) is 1.39. The van der Waals surface area contributed by atoms with Crippen molar-refractivity contribution in [3.8, 4) is 0 Å². The second-order valence-corrected chi connectivity index (χ2v) is 5.73. The third kappa shape index (κ3) is 9.75. The quantitative estimate of drug-likeness (QED) is 0.327. The molecule has 24 heavy (non-hydrogen) atoms. The van der Waals surface area contributed by atoms with Crippen LogP contribution in [-0.2, 0) is 11.3 Å². The Morgan fingerprint density at radius 3 is 2.42 bits per heavy atom. The van der Waals surface area contributed by atoms with Crippen LogP contribution in [0.25, 0.3) is 0 Å². The van der Waals surface area contributed by atoms with Crippen molar-refractivity contribution in [1.29, 1.82) is 0 Å². The highest BCUT2D eigenvalue weighted by molar-refractivity contribution is 14.0. The second kappa shape index (κ2) is 13.0. The van der Waals surface area contributed by atoms with E-state index in [1.54, 1.807) is 0 Å². The van der Waals surface area contributed by atoms with Crippen LogP contribution in [0, 0.1) is 6.92 Å². The van der Waals surface area contributed by atoms with Gasteiger partial charge in [-0.25, -0.2) is 4.99 Å². The molecule has 1 rings (SSSR count). The van der Waals surface area contributed by atoms with Crippen LogP contribution in [0.2, 0.25) is 0 Å². The summed E-state index contributed by atoms with van der Waals surface area (Å²) in [7, 11) is 0. The molecule has 0 spiro atoms. The predicted molar refractivity (Wildman–Crippen MR) is 112 cm³/mol. The molecular weight excluding hydrogens is 415 g/mol. The summed E-state index contributed by atoms with van der Waals surface area (Å²) in [5, 5.41) is 9.36. The molecule has 1 amide bonds. The number of aryl methyl sites for hydroxylation is 1. The van der Waals surface area contributed by atoms with Crippen LogP contribution < -0.4 is 16.0 Å². The molecule has 1 aromatic carbocycles.